The molecule has 0 fully saturated rings. The highest BCUT2D eigenvalue weighted by atomic mass is 19.1. The predicted molar refractivity (Wildman–Crippen MR) is 75.2 cm³/mol. The highest BCUT2D eigenvalue weighted by Crippen LogP contribution is 2.23. The molecule has 0 spiro atoms. The van der Waals surface area contributed by atoms with E-state index in [2.05, 4.69) is 5.32 Å². The SMILES string of the molecule is CNC(Cc1cccc(OC)c1F)CC(C)(C)OC. The lowest BCUT2D eigenvalue weighted by atomic mass is 9.94. The van der Waals surface area contributed by atoms with E-state index in [1.54, 1.807) is 19.2 Å². The van der Waals surface area contributed by atoms with Crippen LogP contribution in [0.15, 0.2) is 18.2 Å². The molecule has 1 aromatic rings. The quantitative estimate of drug-likeness (QED) is 0.825. The van der Waals surface area contributed by atoms with Crippen molar-refractivity contribution in [3.8, 4) is 5.75 Å². The molecular weight excluding hydrogens is 245 g/mol. The summed E-state index contributed by atoms with van der Waals surface area (Å²) in [6.07, 6.45) is 1.41. The maximum atomic E-state index is 14.1. The van der Waals surface area contributed by atoms with Gasteiger partial charge in [0.25, 0.3) is 0 Å². The van der Waals surface area contributed by atoms with E-state index in [0.717, 1.165) is 6.42 Å². The van der Waals surface area contributed by atoms with Gasteiger partial charge in [-0.2, -0.15) is 0 Å². The Hall–Kier alpha value is -1.13. The zero-order valence-corrected chi connectivity index (χ0v) is 12.4. The monoisotopic (exact) mass is 269 g/mol. The number of hydrogen-bond donors (Lipinski definition) is 1. The molecule has 0 aromatic heterocycles. The summed E-state index contributed by atoms with van der Waals surface area (Å²) in [4.78, 5) is 0. The van der Waals surface area contributed by atoms with E-state index < -0.39 is 0 Å². The molecule has 1 atom stereocenters. The molecule has 0 radical (unpaired) electrons. The first-order valence-electron chi connectivity index (χ1n) is 6.47. The van der Waals surface area contributed by atoms with Crippen molar-refractivity contribution in [2.45, 2.75) is 38.3 Å². The molecule has 0 aliphatic rings. The number of ether oxygens (including phenoxy) is 2. The molecule has 3 nitrogen and oxygen atoms in total. The molecule has 108 valence electrons. The van der Waals surface area contributed by atoms with Gasteiger partial charge in [-0.15, -0.1) is 0 Å². The van der Waals surface area contributed by atoms with Crippen molar-refractivity contribution < 1.29 is 13.9 Å². The van der Waals surface area contributed by atoms with E-state index in [-0.39, 0.29) is 17.5 Å². The fraction of sp³-hybridized carbons (Fsp3) is 0.600. The zero-order chi connectivity index (χ0) is 14.5. The number of methoxy groups -OCH3 is 2. The summed E-state index contributed by atoms with van der Waals surface area (Å²) in [6, 6.07) is 5.39. The van der Waals surface area contributed by atoms with Crippen LogP contribution in [0.2, 0.25) is 0 Å². The maximum Gasteiger partial charge on any atom is 0.168 e. The van der Waals surface area contributed by atoms with Gasteiger partial charge in [0.05, 0.1) is 12.7 Å². The first-order valence-corrected chi connectivity index (χ1v) is 6.47. The summed E-state index contributed by atoms with van der Waals surface area (Å²) in [5.74, 6) is 0.0128. The Balaban J connectivity index is 2.82. The minimum Gasteiger partial charge on any atom is -0.494 e. The summed E-state index contributed by atoms with van der Waals surface area (Å²) >= 11 is 0. The van der Waals surface area contributed by atoms with Crippen LogP contribution < -0.4 is 10.1 Å². The molecule has 1 rings (SSSR count). The molecule has 19 heavy (non-hydrogen) atoms. The molecule has 0 saturated heterocycles. The minimum absolute atomic E-state index is 0.150. The van der Waals surface area contributed by atoms with Gasteiger partial charge in [-0.05, 0) is 45.4 Å². The van der Waals surface area contributed by atoms with Gasteiger partial charge >= 0.3 is 0 Å². The first kappa shape index (κ1) is 15.9. The van der Waals surface area contributed by atoms with Crippen molar-refractivity contribution in [3.63, 3.8) is 0 Å². The number of nitrogens with one attached hydrogen (secondary N) is 1. The van der Waals surface area contributed by atoms with E-state index in [1.165, 1.54) is 7.11 Å². The van der Waals surface area contributed by atoms with Crippen molar-refractivity contribution in [2.24, 2.45) is 0 Å². The highest BCUT2D eigenvalue weighted by Gasteiger charge is 2.23. The second kappa shape index (κ2) is 6.87. The summed E-state index contributed by atoms with van der Waals surface area (Å²) in [7, 11) is 5.05. The average Bonchev–Trinajstić information content (AvgIpc) is 2.40. The Morgan fingerprint density at radius 1 is 1.32 bits per heavy atom. The molecule has 1 aromatic carbocycles. The van der Waals surface area contributed by atoms with Crippen LogP contribution in [-0.4, -0.2) is 32.9 Å². The number of likely N-dealkylation sites (N-methyl/N-ethyl adjacent to an activating group) is 1. The third kappa shape index (κ3) is 4.48. The molecule has 0 aliphatic carbocycles. The van der Waals surface area contributed by atoms with E-state index in [0.29, 0.717) is 17.7 Å². The molecule has 0 heterocycles. The van der Waals surface area contributed by atoms with Crippen molar-refractivity contribution >= 4 is 0 Å². The number of benzene rings is 1. The topological polar surface area (TPSA) is 30.5 Å². The molecule has 0 amide bonds. The molecule has 0 aliphatic heterocycles. The van der Waals surface area contributed by atoms with Gasteiger partial charge in [-0.3, -0.25) is 0 Å². The minimum atomic E-state index is -0.277. The van der Waals surface area contributed by atoms with Crippen LogP contribution in [-0.2, 0) is 11.2 Å². The third-order valence-electron chi connectivity index (χ3n) is 3.43. The van der Waals surface area contributed by atoms with Crippen LogP contribution in [0, 0.1) is 5.82 Å². The van der Waals surface area contributed by atoms with Crippen molar-refractivity contribution in [1.82, 2.24) is 5.32 Å². The van der Waals surface area contributed by atoms with E-state index in [4.69, 9.17) is 9.47 Å². The molecule has 1 unspecified atom stereocenters. The summed E-state index contributed by atoms with van der Waals surface area (Å²) < 4.78 is 24.5. The van der Waals surface area contributed by atoms with Gasteiger partial charge in [0.1, 0.15) is 0 Å². The maximum absolute atomic E-state index is 14.1. The van der Waals surface area contributed by atoms with Crippen LogP contribution >= 0.6 is 0 Å². The van der Waals surface area contributed by atoms with E-state index >= 15 is 0 Å². The highest BCUT2D eigenvalue weighted by molar-refractivity contribution is 5.31. The molecule has 0 bridgehead atoms. The Morgan fingerprint density at radius 3 is 2.53 bits per heavy atom. The predicted octanol–water partition coefficient (Wildman–Crippen LogP) is 2.78. The average molecular weight is 269 g/mol. The standard InChI is InChI=1S/C15H24FNO2/c1-15(2,19-5)10-12(17-3)9-11-7-6-8-13(18-4)14(11)16/h6-8,12,17H,9-10H2,1-5H3. The summed E-state index contributed by atoms with van der Waals surface area (Å²) in [5, 5.41) is 3.22. The Labute approximate surface area is 115 Å². The van der Waals surface area contributed by atoms with Gasteiger partial charge in [-0.25, -0.2) is 4.39 Å². The Kier molecular flexibility index (Phi) is 5.76. The van der Waals surface area contributed by atoms with Crippen molar-refractivity contribution in [1.29, 1.82) is 0 Å². The molecule has 4 heteroatoms. The molecular formula is C15H24FNO2. The smallest absolute Gasteiger partial charge is 0.168 e. The van der Waals surface area contributed by atoms with Gasteiger partial charge in [0.2, 0.25) is 0 Å². The summed E-state index contributed by atoms with van der Waals surface area (Å²) in [6.45, 7) is 4.05. The third-order valence-corrected chi connectivity index (χ3v) is 3.43. The summed E-state index contributed by atoms with van der Waals surface area (Å²) in [5.41, 5.74) is 0.425. The number of hydrogen-bond acceptors (Lipinski definition) is 3. The first-order chi connectivity index (χ1) is 8.93. The largest absolute Gasteiger partial charge is 0.494 e. The lowest BCUT2D eigenvalue weighted by Gasteiger charge is -2.28. The molecule has 0 saturated carbocycles. The van der Waals surface area contributed by atoms with Crippen molar-refractivity contribution in [3.05, 3.63) is 29.6 Å². The van der Waals surface area contributed by atoms with Gasteiger partial charge in [0, 0.05) is 13.2 Å². The van der Waals surface area contributed by atoms with E-state index in [9.17, 15) is 4.39 Å². The fourth-order valence-corrected chi connectivity index (χ4v) is 2.09. The zero-order valence-electron chi connectivity index (χ0n) is 12.4. The normalized spacial score (nSPS) is 13.4. The number of halogens is 1. The second-order valence-corrected chi connectivity index (χ2v) is 5.29. The van der Waals surface area contributed by atoms with Gasteiger partial charge < -0.3 is 14.8 Å². The Bertz CT molecular complexity index is 407. The van der Waals surface area contributed by atoms with Crippen molar-refractivity contribution in [2.75, 3.05) is 21.3 Å². The van der Waals surface area contributed by atoms with Crippen LogP contribution in [0.5, 0.6) is 5.75 Å². The fourth-order valence-electron chi connectivity index (χ4n) is 2.09. The Morgan fingerprint density at radius 2 is 2.00 bits per heavy atom. The second-order valence-electron chi connectivity index (χ2n) is 5.29. The van der Waals surface area contributed by atoms with Crippen LogP contribution in [0.25, 0.3) is 0 Å². The van der Waals surface area contributed by atoms with Crippen LogP contribution in [0.3, 0.4) is 0 Å². The van der Waals surface area contributed by atoms with E-state index in [1.807, 2.05) is 27.0 Å². The van der Waals surface area contributed by atoms with Gasteiger partial charge in [0.15, 0.2) is 11.6 Å². The molecule has 1 N–H and O–H groups in total. The number of rotatable bonds is 7. The lowest BCUT2D eigenvalue weighted by molar-refractivity contribution is 0.00766. The van der Waals surface area contributed by atoms with Crippen LogP contribution in [0.1, 0.15) is 25.8 Å². The lowest BCUT2D eigenvalue weighted by Crippen LogP contribution is -2.37. The van der Waals surface area contributed by atoms with Crippen LogP contribution in [0.4, 0.5) is 4.39 Å². The van der Waals surface area contributed by atoms with Gasteiger partial charge in [-0.1, -0.05) is 12.1 Å².